The van der Waals surface area contributed by atoms with Crippen LogP contribution in [0.5, 0.6) is 0 Å². The fraction of sp³-hybridized carbons (Fsp3) is 0.311. The number of hydrogen-bond donors (Lipinski definition) is 0. The molecule has 0 N–H and O–H groups in total. The van der Waals surface area contributed by atoms with Crippen LogP contribution in [0.25, 0.3) is 0 Å². The Labute approximate surface area is 743 Å². The zero-order valence-corrected chi connectivity index (χ0v) is 75.6. The second kappa shape index (κ2) is 39.2. The summed E-state index contributed by atoms with van der Waals surface area (Å²) in [6.07, 6.45) is 16.2. The van der Waals surface area contributed by atoms with E-state index < -0.39 is 40.1 Å². The van der Waals surface area contributed by atoms with Gasteiger partial charge in [0.1, 0.15) is 0 Å². The van der Waals surface area contributed by atoms with Crippen molar-refractivity contribution in [2.24, 2.45) is 51.9 Å². The first-order valence-electron chi connectivity index (χ1n) is 40.0. The van der Waals surface area contributed by atoms with Crippen molar-refractivity contribution in [1.82, 2.24) is 65.4 Å². The largest absolute Gasteiger partial charge is 0.339 e. The fourth-order valence-corrected chi connectivity index (χ4v) is 23.1. The van der Waals surface area contributed by atoms with E-state index in [0.29, 0.717) is 94.7 Å². The Morgan fingerprint density at radius 3 is 0.750 bits per heavy atom. The average molecular weight is 1830 g/mol. The summed E-state index contributed by atoms with van der Waals surface area (Å²) in [6, 6.07) is 52.3. The van der Waals surface area contributed by atoms with Gasteiger partial charge < -0.3 is 18.3 Å². The summed E-state index contributed by atoms with van der Waals surface area (Å²) < 4.78 is 115. The molecule has 10 heterocycles. The number of Topliss-reactive ketones (excluding diaryl/α,β-unsaturated/α-hetero) is 4. The number of aromatic nitrogens is 10. The number of benzene rings is 6. The van der Waals surface area contributed by atoms with Crippen LogP contribution in [0.4, 0.5) is 0 Å². The molecular formula is C90H94Cl4N14O12S4. The molecule has 34 heteroatoms. The number of carbonyl (C=O) groups is 4. The Morgan fingerprint density at radius 2 is 0.540 bits per heavy atom. The van der Waals surface area contributed by atoms with Crippen LogP contribution in [-0.2, 0) is 68.3 Å². The summed E-state index contributed by atoms with van der Waals surface area (Å²) in [6.45, 7) is 10.4. The fourth-order valence-electron chi connectivity index (χ4n) is 15.7. The van der Waals surface area contributed by atoms with E-state index in [1.807, 2.05) is 149 Å². The molecule has 0 aliphatic carbocycles. The highest BCUT2D eigenvalue weighted by Crippen LogP contribution is 2.44. The normalized spacial score (nSPS) is 16.1. The van der Waals surface area contributed by atoms with E-state index >= 15 is 0 Å². The van der Waals surface area contributed by atoms with Gasteiger partial charge in [0.25, 0.3) is 40.1 Å². The molecule has 12 aromatic rings. The highest BCUT2D eigenvalue weighted by Gasteiger charge is 2.47. The van der Waals surface area contributed by atoms with Crippen LogP contribution in [-0.4, -0.2) is 175 Å². The van der Waals surface area contributed by atoms with Crippen LogP contribution in [0.15, 0.2) is 252 Å². The third-order valence-corrected chi connectivity index (χ3v) is 31.0. The van der Waals surface area contributed by atoms with Crippen LogP contribution < -0.4 is 0 Å². The molecule has 4 unspecified atom stereocenters. The lowest BCUT2D eigenvalue weighted by molar-refractivity contribution is 0.0921. The van der Waals surface area contributed by atoms with E-state index in [9.17, 15) is 52.8 Å². The lowest BCUT2D eigenvalue weighted by atomic mass is 9.78. The van der Waals surface area contributed by atoms with Gasteiger partial charge in [-0.15, -0.1) is 0 Å². The van der Waals surface area contributed by atoms with Crippen molar-refractivity contribution in [3.8, 4) is 0 Å². The number of rotatable bonds is 28. The summed E-state index contributed by atoms with van der Waals surface area (Å²) in [5.74, 6) is -0.815. The quantitative estimate of drug-likeness (QED) is 0.0411. The van der Waals surface area contributed by atoms with Gasteiger partial charge in [0.15, 0.2) is 43.2 Å². The van der Waals surface area contributed by atoms with E-state index in [2.05, 4.69) is 29.9 Å². The standard InChI is InChI=1S/2C23H24ClN3O3S.2C22H23ClN4O3S/c2*1-16-8-9-19(21(24)10-16)22(28)11-20(17-6-4-3-5-7-17)18-12-27(13-18)31(29,30)23-14-26(2)15-25-23;2*1-15-6-7-17(19(23)9-15)21(28)10-18(20-5-3-4-8-24-20)16-11-27(12-16)31(29,30)22-13-26(2)14-25-22/h2*3-10,14-15,18,20H,11-13H2,1-2H3;2*3-9,13-14,16,18H,10-12H2,1-2H3. The third-order valence-electron chi connectivity index (χ3n) is 22.8. The smallest absolute Gasteiger partial charge is 0.262 e. The van der Waals surface area contributed by atoms with Gasteiger partial charge >= 0.3 is 0 Å². The summed E-state index contributed by atoms with van der Waals surface area (Å²) in [5.41, 5.74) is 9.53. The number of sulfonamides is 4. The average Bonchev–Trinajstić information content (AvgIpc) is 1.77. The zero-order chi connectivity index (χ0) is 88.7. The molecule has 0 bridgehead atoms. The third kappa shape index (κ3) is 21.4. The maximum absolute atomic E-state index is 13.1. The molecule has 4 saturated heterocycles. The maximum atomic E-state index is 13.1. The van der Waals surface area contributed by atoms with E-state index in [4.69, 9.17) is 46.4 Å². The van der Waals surface area contributed by atoms with Gasteiger partial charge in [-0.3, -0.25) is 29.1 Å². The molecule has 0 amide bonds. The second-order valence-electron chi connectivity index (χ2n) is 32.0. The molecule has 16 rings (SSSR count). The van der Waals surface area contributed by atoms with Crippen molar-refractivity contribution < 1.29 is 52.8 Å². The lowest BCUT2D eigenvalue weighted by Crippen LogP contribution is -2.52. The Balaban J connectivity index is 0.000000142. The first-order chi connectivity index (χ1) is 59.0. The number of ketones is 4. The number of hydrogen-bond acceptors (Lipinski definition) is 18. The minimum absolute atomic E-state index is 0.0263. The van der Waals surface area contributed by atoms with Crippen molar-refractivity contribution in [3.63, 3.8) is 0 Å². The van der Waals surface area contributed by atoms with E-state index in [-0.39, 0.29) is 116 Å². The first kappa shape index (κ1) is 91.6. The van der Waals surface area contributed by atoms with Gasteiger partial charge in [0.05, 0.1) is 45.4 Å². The van der Waals surface area contributed by atoms with Gasteiger partial charge in [-0.2, -0.15) is 17.2 Å². The molecule has 0 radical (unpaired) electrons. The number of carbonyl (C=O) groups excluding carboxylic acids is 4. The summed E-state index contributed by atoms with van der Waals surface area (Å²) in [4.78, 5) is 77.1. The zero-order valence-electron chi connectivity index (χ0n) is 69.3. The maximum Gasteiger partial charge on any atom is 0.262 e. The SMILES string of the molecule is Cc1ccc(C(=O)CC(c2ccccc2)C2CN(S(=O)(=O)c3cn(C)cn3)C2)c(Cl)c1.Cc1ccc(C(=O)CC(c2ccccc2)C2CN(S(=O)(=O)c3cn(C)cn3)C2)c(Cl)c1.Cc1ccc(C(=O)CC(c2ccccn2)C2CN(S(=O)(=O)c3cn(C)cn3)C2)c(Cl)c1.Cc1ccc(C(=O)CC(c2ccccn2)C2CN(S(=O)(=O)c3cn(C)cn3)C2)c(Cl)c1. The molecule has 6 aromatic carbocycles. The number of nitrogens with zero attached hydrogens (tertiary/aromatic N) is 14. The summed E-state index contributed by atoms with van der Waals surface area (Å²) in [7, 11) is -7.63. The number of halogens is 4. The predicted molar refractivity (Wildman–Crippen MR) is 475 cm³/mol. The van der Waals surface area contributed by atoms with Crippen molar-refractivity contribution in [3.05, 3.63) is 319 Å². The minimum atomic E-state index is -3.65. The monoisotopic (exact) mass is 1830 g/mol. The van der Waals surface area contributed by atoms with Gasteiger partial charge in [-0.25, -0.2) is 53.6 Å². The number of aryl methyl sites for hydroxylation is 8. The molecule has 0 spiro atoms. The second-order valence-corrected chi connectivity index (χ2v) is 41.2. The van der Waals surface area contributed by atoms with Gasteiger partial charge in [0.2, 0.25) is 0 Å². The Kier molecular flexibility index (Phi) is 29.0. The first-order valence-corrected chi connectivity index (χ1v) is 47.3. The molecule has 648 valence electrons. The van der Waals surface area contributed by atoms with Crippen LogP contribution in [0, 0.1) is 51.4 Å². The Hall–Kier alpha value is -10.1. The highest BCUT2D eigenvalue weighted by molar-refractivity contribution is 7.90. The van der Waals surface area contributed by atoms with Crippen LogP contribution >= 0.6 is 46.4 Å². The molecule has 26 nitrogen and oxygen atoms in total. The lowest BCUT2D eigenvalue weighted by Gasteiger charge is -2.42. The molecule has 0 saturated carbocycles. The van der Waals surface area contributed by atoms with Crippen LogP contribution in [0.3, 0.4) is 0 Å². The Bertz CT molecular complexity index is 5580. The molecule has 124 heavy (non-hydrogen) atoms. The minimum Gasteiger partial charge on any atom is -0.339 e. The molecule has 6 aromatic heterocycles. The van der Waals surface area contributed by atoms with E-state index in [1.165, 1.54) is 67.3 Å². The van der Waals surface area contributed by atoms with Gasteiger partial charge in [-0.05, 0) is 169 Å². The highest BCUT2D eigenvalue weighted by atomic mass is 35.5. The molecule has 4 aliphatic rings. The molecular weight excluding hydrogens is 1740 g/mol. The van der Waals surface area contributed by atoms with Crippen LogP contribution in [0.2, 0.25) is 20.1 Å². The van der Waals surface area contributed by atoms with Gasteiger partial charge in [-0.1, -0.05) is 143 Å². The van der Waals surface area contributed by atoms with Crippen molar-refractivity contribution in [1.29, 1.82) is 0 Å². The predicted octanol–water partition coefficient (Wildman–Crippen LogP) is 15.0. The topological polar surface area (TPSA) is 315 Å². The number of imidazole rings is 4. The van der Waals surface area contributed by atoms with Crippen molar-refractivity contribution >= 4 is 110 Å². The van der Waals surface area contributed by atoms with E-state index in [0.717, 1.165) is 44.8 Å². The Morgan fingerprint density at radius 1 is 0.315 bits per heavy atom. The van der Waals surface area contributed by atoms with Gasteiger partial charge in [0, 0.05) is 189 Å². The van der Waals surface area contributed by atoms with E-state index in [1.54, 1.807) is 107 Å². The molecule has 4 fully saturated rings. The van der Waals surface area contributed by atoms with Crippen molar-refractivity contribution in [2.45, 2.75) is 97.2 Å². The summed E-state index contributed by atoms with van der Waals surface area (Å²) in [5, 5.41) is 1.92. The molecule has 4 atom stereocenters. The van der Waals surface area contributed by atoms with Crippen LogP contribution in [0.1, 0.15) is 136 Å². The number of pyridine rings is 2. The van der Waals surface area contributed by atoms with Crippen molar-refractivity contribution in [2.75, 3.05) is 52.4 Å². The summed E-state index contributed by atoms with van der Waals surface area (Å²) >= 11 is 25.2. The molecule has 4 aliphatic heterocycles.